The number of amides is 1. The topological polar surface area (TPSA) is 107 Å². The van der Waals surface area contributed by atoms with Gasteiger partial charge in [0.1, 0.15) is 11.3 Å². The van der Waals surface area contributed by atoms with Crippen molar-refractivity contribution >= 4 is 17.1 Å². The lowest BCUT2D eigenvalue weighted by molar-refractivity contribution is 0.0996. The standard InChI is InChI=1S/C19H23N5O2/c1-5-12(6-2)17-21-14(16(20)25)15-18(23-17)24(19(26)22-15)13-8-7-10(3)11(4)9-13/h7-9,12H,5-6H2,1-4H3,(H2,20,25)(H,22,26). The summed E-state index contributed by atoms with van der Waals surface area (Å²) >= 11 is 0. The number of benzene rings is 1. The minimum atomic E-state index is -0.682. The molecule has 7 nitrogen and oxygen atoms in total. The van der Waals surface area contributed by atoms with Crippen molar-refractivity contribution in [3.63, 3.8) is 0 Å². The number of primary amides is 1. The maximum atomic E-state index is 12.6. The van der Waals surface area contributed by atoms with Crippen LogP contribution in [0.25, 0.3) is 16.9 Å². The summed E-state index contributed by atoms with van der Waals surface area (Å²) in [6.45, 7) is 8.08. The summed E-state index contributed by atoms with van der Waals surface area (Å²) in [6.07, 6.45) is 1.66. The summed E-state index contributed by atoms with van der Waals surface area (Å²) in [5, 5.41) is 0. The molecule has 3 rings (SSSR count). The van der Waals surface area contributed by atoms with Gasteiger partial charge in [-0.15, -0.1) is 0 Å². The summed E-state index contributed by atoms with van der Waals surface area (Å²) in [4.78, 5) is 36.2. The second kappa shape index (κ2) is 6.74. The Kier molecular flexibility index (Phi) is 4.63. The second-order valence-corrected chi connectivity index (χ2v) is 6.54. The first kappa shape index (κ1) is 17.8. The van der Waals surface area contributed by atoms with Gasteiger partial charge < -0.3 is 10.7 Å². The Hall–Kier alpha value is -2.96. The Morgan fingerprint density at radius 2 is 1.88 bits per heavy atom. The second-order valence-electron chi connectivity index (χ2n) is 6.54. The summed E-state index contributed by atoms with van der Waals surface area (Å²) < 4.78 is 1.47. The van der Waals surface area contributed by atoms with Gasteiger partial charge in [-0.1, -0.05) is 19.9 Å². The van der Waals surface area contributed by atoms with Crippen molar-refractivity contribution in [3.05, 3.63) is 51.3 Å². The van der Waals surface area contributed by atoms with Crippen LogP contribution < -0.4 is 11.4 Å². The van der Waals surface area contributed by atoms with E-state index in [-0.39, 0.29) is 22.8 Å². The molecule has 2 aromatic heterocycles. The molecule has 0 saturated carbocycles. The van der Waals surface area contributed by atoms with E-state index in [4.69, 9.17) is 5.73 Å². The van der Waals surface area contributed by atoms with Crippen molar-refractivity contribution in [1.82, 2.24) is 19.5 Å². The van der Waals surface area contributed by atoms with Gasteiger partial charge >= 0.3 is 5.69 Å². The highest BCUT2D eigenvalue weighted by Gasteiger charge is 2.22. The van der Waals surface area contributed by atoms with Crippen LogP contribution in [0.3, 0.4) is 0 Å². The Morgan fingerprint density at radius 1 is 1.19 bits per heavy atom. The van der Waals surface area contributed by atoms with Crippen LogP contribution in [0, 0.1) is 13.8 Å². The number of aromatic nitrogens is 4. The summed E-state index contributed by atoms with van der Waals surface area (Å²) in [7, 11) is 0. The monoisotopic (exact) mass is 353 g/mol. The summed E-state index contributed by atoms with van der Waals surface area (Å²) in [5.41, 5.74) is 8.73. The quantitative estimate of drug-likeness (QED) is 0.735. The highest BCUT2D eigenvalue weighted by atomic mass is 16.2. The minimum Gasteiger partial charge on any atom is -0.364 e. The molecule has 7 heteroatoms. The van der Waals surface area contributed by atoms with Crippen molar-refractivity contribution in [1.29, 1.82) is 0 Å². The van der Waals surface area contributed by atoms with Crippen LogP contribution >= 0.6 is 0 Å². The molecule has 0 aliphatic rings. The number of H-pyrrole nitrogens is 1. The largest absolute Gasteiger partial charge is 0.364 e. The molecule has 136 valence electrons. The molecule has 0 bridgehead atoms. The average molecular weight is 353 g/mol. The zero-order valence-electron chi connectivity index (χ0n) is 15.5. The van der Waals surface area contributed by atoms with E-state index < -0.39 is 5.91 Å². The predicted octanol–water partition coefficient (Wildman–Crippen LogP) is 2.73. The smallest absolute Gasteiger partial charge is 0.332 e. The fourth-order valence-electron chi connectivity index (χ4n) is 3.12. The fraction of sp³-hybridized carbons (Fsp3) is 0.368. The van der Waals surface area contributed by atoms with Gasteiger partial charge in [-0.25, -0.2) is 19.3 Å². The van der Waals surface area contributed by atoms with E-state index in [0.29, 0.717) is 17.2 Å². The predicted molar refractivity (Wildman–Crippen MR) is 101 cm³/mol. The van der Waals surface area contributed by atoms with Crippen molar-refractivity contribution in [2.75, 3.05) is 0 Å². The number of nitrogens with one attached hydrogen (secondary N) is 1. The van der Waals surface area contributed by atoms with Crippen LogP contribution in [0.15, 0.2) is 23.0 Å². The van der Waals surface area contributed by atoms with Gasteiger partial charge in [0.15, 0.2) is 11.3 Å². The van der Waals surface area contributed by atoms with E-state index in [2.05, 4.69) is 15.0 Å². The summed E-state index contributed by atoms with van der Waals surface area (Å²) in [6, 6.07) is 5.74. The molecule has 0 fully saturated rings. The number of aromatic amines is 1. The normalized spacial score (nSPS) is 11.4. The average Bonchev–Trinajstić information content (AvgIpc) is 2.93. The van der Waals surface area contributed by atoms with Crippen molar-refractivity contribution in [2.24, 2.45) is 5.73 Å². The van der Waals surface area contributed by atoms with E-state index in [1.807, 2.05) is 45.9 Å². The number of nitrogens with two attached hydrogens (primary N) is 1. The van der Waals surface area contributed by atoms with E-state index in [9.17, 15) is 9.59 Å². The third-order valence-corrected chi connectivity index (χ3v) is 4.89. The van der Waals surface area contributed by atoms with Gasteiger partial charge in [-0.2, -0.15) is 0 Å². The zero-order chi connectivity index (χ0) is 19.0. The molecule has 3 N–H and O–H groups in total. The molecule has 0 spiro atoms. The fourth-order valence-corrected chi connectivity index (χ4v) is 3.12. The summed E-state index contributed by atoms with van der Waals surface area (Å²) in [5.74, 6) is -0.0540. The molecule has 1 amide bonds. The van der Waals surface area contributed by atoms with Crippen molar-refractivity contribution in [3.8, 4) is 5.69 Å². The third kappa shape index (κ3) is 2.89. The highest BCUT2D eigenvalue weighted by Crippen LogP contribution is 2.24. The Labute approximate surface area is 151 Å². The Balaban J connectivity index is 2.36. The number of carbonyl (C=O) groups is 1. The molecular weight excluding hydrogens is 330 g/mol. The van der Waals surface area contributed by atoms with Gasteiger partial charge in [0.25, 0.3) is 5.91 Å². The minimum absolute atomic E-state index is 0.0524. The molecule has 0 aliphatic carbocycles. The maximum Gasteiger partial charge on any atom is 0.332 e. The first-order chi connectivity index (χ1) is 12.4. The first-order valence-corrected chi connectivity index (χ1v) is 8.77. The van der Waals surface area contributed by atoms with Crippen molar-refractivity contribution < 1.29 is 4.79 Å². The lowest BCUT2D eigenvalue weighted by atomic mass is 10.0. The lowest BCUT2D eigenvalue weighted by Crippen LogP contribution is -2.17. The maximum absolute atomic E-state index is 12.6. The van der Waals surface area contributed by atoms with Gasteiger partial charge in [0.05, 0.1) is 5.69 Å². The molecule has 0 unspecified atom stereocenters. The molecule has 1 aromatic carbocycles. The van der Waals surface area contributed by atoms with Gasteiger partial charge in [-0.05, 0) is 49.9 Å². The van der Waals surface area contributed by atoms with Gasteiger partial charge in [0.2, 0.25) is 0 Å². The van der Waals surface area contributed by atoms with Gasteiger partial charge in [0, 0.05) is 5.92 Å². The van der Waals surface area contributed by atoms with Crippen LogP contribution in [-0.2, 0) is 0 Å². The van der Waals surface area contributed by atoms with Crippen LogP contribution in [0.2, 0.25) is 0 Å². The number of hydrogen-bond acceptors (Lipinski definition) is 4. The molecule has 2 heterocycles. The molecule has 0 radical (unpaired) electrons. The molecule has 3 aromatic rings. The van der Waals surface area contributed by atoms with E-state index >= 15 is 0 Å². The molecule has 0 aliphatic heterocycles. The van der Waals surface area contributed by atoms with E-state index in [1.165, 1.54) is 4.57 Å². The van der Waals surface area contributed by atoms with Gasteiger partial charge in [-0.3, -0.25) is 4.79 Å². The van der Waals surface area contributed by atoms with Crippen LogP contribution in [0.4, 0.5) is 0 Å². The number of rotatable bonds is 5. The molecule has 0 saturated heterocycles. The molecule has 26 heavy (non-hydrogen) atoms. The number of carbonyl (C=O) groups excluding carboxylic acids is 1. The van der Waals surface area contributed by atoms with E-state index in [1.54, 1.807) is 0 Å². The Bertz CT molecular complexity index is 1040. The third-order valence-electron chi connectivity index (χ3n) is 4.89. The first-order valence-electron chi connectivity index (χ1n) is 8.77. The number of fused-ring (bicyclic) bond motifs is 1. The van der Waals surface area contributed by atoms with E-state index in [0.717, 1.165) is 24.0 Å². The van der Waals surface area contributed by atoms with Crippen LogP contribution in [-0.4, -0.2) is 25.4 Å². The van der Waals surface area contributed by atoms with Crippen LogP contribution in [0.1, 0.15) is 60.0 Å². The number of imidazole rings is 1. The number of aryl methyl sites for hydroxylation is 2. The number of hydrogen-bond donors (Lipinski definition) is 2. The number of nitrogens with zero attached hydrogens (tertiary/aromatic N) is 3. The highest BCUT2D eigenvalue weighted by molar-refractivity contribution is 6.01. The zero-order valence-corrected chi connectivity index (χ0v) is 15.5. The lowest BCUT2D eigenvalue weighted by Gasteiger charge is -2.13. The SMILES string of the molecule is CCC(CC)c1nc(C(N)=O)c2[nH]c(=O)n(-c3ccc(C)c(C)c3)c2n1. The van der Waals surface area contributed by atoms with Crippen LogP contribution in [0.5, 0.6) is 0 Å². The van der Waals surface area contributed by atoms with Crippen molar-refractivity contribution in [2.45, 2.75) is 46.5 Å². The molecular formula is C19H23N5O2. The molecule has 0 atom stereocenters. The Morgan fingerprint density at radius 3 is 2.46 bits per heavy atom.